The van der Waals surface area contributed by atoms with E-state index >= 15 is 0 Å². The zero-order valence-corrected chi connectivity index (χ0v) is 13.8. The molecule has 1 N–H and O–H groups in total. The summed E-state index contributed by atoms with van der Waals surface area (Å²) in [6, 6.07) is 9.01. The second-order valence-corrected chi connectivity index (χ2v) is 6.08. The highest BCUT2D eigenvalue weighted by Crippen LogP contribution is 2.27. The first-order valence-corrected chi connectivity index (χ1v) is 7.80. The second kappa shape index (κ2) is 7.34. The number of benzene rings is 2. The van der Waals surface area contributed by atoms with Crippen LogP contribution >= 0.6 is 27.5 Å². The van der Waals surface area contributed by atoms with Crippen LogP contribution in [0.25, 0.3) is 0 Å². The summed E-state index contributed by atoms with van der Waals surface area (Å²) >= 11 is 9.41. The lowest BCUT2D eigenvalue weighted by molar-refractivity contribution is 0.544. The summed E-state index contributed by atoms with van der Waals surface area (Å²) in [5.74, 6) is -0.660. The lowest BCUT2D eigenvalue weighted by Gasteiger charge is -2.20. The Labute approximate surface area is 136 Å². The molecule has 0 saturated heterocycles. The summed E-state index contributed by atoms with van der Waals surface area (Å²) in [5, 5.41) is 3.67. The summed E-state index contributed by atoms with van der Waals surface area (Å²) in [6.07, 6.45) is 0.565. The standard InChI is InChI=1S/C16H15BrClF2N/c1-2-21-16(14-4-3-12(19)9-15(14)18)7-10-5-11(17)8-13(20)6-10/h3-6,8-9,16,21H,2,7H2,1H3. The highest BCUT2D eigenvalue weighted by molar-refractivity contribution is 9.10. The van der Waals surface area contributed by atoms with E-state index in [0.717, 1.165) is 17.7 Å². The van der Waals surface area contributed by atoms with Gasteiger partial charge in [-0.05, 0) is 54.4 Å². The zero-order valence-electron chi connectivity index (χ0n) is 11.5. The molecular formula is C16H15BrClF2N. The van der Waals surface area contributed by atoms with E-state index in [4.69, 9.17) is 11.6 Å². The molecule has 0 amide bonds. The molecule has 1 atom stereocenters. The van der Waals surface area contributed by atoms with Gasteiger partial charge in [-0.2, -0.15) is 0 Å². The van der Waals surface area contributed by atoms with Gasteiger partial charge in [-0.15, -0.1) is 0 Å². The van der Waals surface area contributed by atoms with Gasteiger partial charge < -0.3 is 5.32 Å². The minimum Gasteiger partial charge on any atom is -0.310 e. The van der Waals surface area contributed by atoms with Crippen molar-refractivity contribution in [3.05, 3.63) is 68.7 Å². The van der Waals surface area contributed by atoms with E-state index in [1.54, 1.807) is 6.07 Å². The maximum absolute atomic E-state index is 13.5. The molecule has 2 aromatic carbocycles. The van der Waals surface area contributed by atoms with E-state index < -0.39 is 0 Å². The van der Waals surface area contributed by atoms with Crippen molar-refractivity contribution in [1.82, 2.24) is 5.32 Å². The predicted molar refractivity (Wildman–Crippen MR) is 85.6 cm³/mol. The molecule has 21 heavy (non-hydrogen) atoms. The molecule has 0 aliphatic heterocycles. The van der Waals surface area contributed by atoms with Gasteiger partial charge in [-0.3, -0.25) is 0 Å². The summed E-state index contributed by atoms with van der Waals surface area (Å²) in [5.41, 5.74) is 1.65. The lowest BCUT2D eigenvalue weighted by atomic mass is 9.98. The third-order valence-electron chi connectivity index (χ3n) is 3.15. The monoisotopic (exact) mass is 373 g/mol. The SMILES string of the molecule is CCNC(Cc1cc(F)cc(Br)c1)c1ccc(F)cc1Cl. The van der Waals surface area contributed by atoms with Gasteiger partial charge in [0.2, 0.25) is 0 Å². The molecule has 0 saturated carbocycles. The van der Waals surface area contributed by atoms with Gasteiger partial charge in [-0.25, -0.2) is 8.78 Å². The maximum atomic E-state index is 13.5. The molecule has 1 nitrogen and oxygen atoms in total. The molecule has 1 unspecified atom stereocenters. The summed E-state index contributed by atoms with van der Waals surface area (Å²) < 4.78 is 27.3. The molecular weight excluding hydrogens is 360 g/mol. The Morgan fingerprint density at radius 2 is 1.90 bits per heavy atom. The van der Waals surface area contributed by atoms with Crippen molar-refractivity contribution in [3.8, 4) is 0 Å². The molecule has 2 rings (SSSR count). The molecule has 2 aromatic rings. The number of likely N-dealkylation sites (N-methyl/N-ethyl adjacent to an activating group) is 1. The minimum atomic E-state index is -0.368. The number of rotatable bonds is 5. The number of hydrogen-bond acceptors (Lipinski definition) is 1. The van der Waals surface area contributed by atoms with Crippen molar-refractivity contribution in [2.75, 3.05) is 6.54 Å². The largest absolute Gasteiger partial charge is 0.310 e. The van der Waals surface area contributed by atoms with Gasteiger partial charge in [0.1, 0.15) is 11.6 Å². The number of hydrogen-bond donors (Lipinski definition) is 1. The predicted octanol–water partition coefficient (Wildman–Crippen LogP) is 5.27. The third-order valence-corrected chi connectivity index (χ3v) is 3.94. The Hall–Kier alpha value is -0.970. The van der Waals surface area contributed by atoms with E-state index in [0.29, 0.717) is 15.9 Å². The molecule has 0 radical (unpaired) electrons. The van der Waals surface area contributed by atoms with Gasteiger partial charge in [0, 0.05) is 15.5 Å². The normalized spacial score (nSPS) is 12.4. The quantitative estimate of drug-likeness (QED) is 0.751. The second-order valence-electron chi connectivity index (χ2n) is 4.76. The number of halogens is 4. The van der Waals surface area contributed by atoms with Crippen LogP contribution in [0.5, 0.6) is 0 Å². The highest BCUT2D eigenvalue weighted by Gasteiger charge is 2.15. The molecule has 0 spiro atoms. The molecule has 0 aromatic heterocycles. The van der Waals surface area contributed by atoms with Crippen molar-refractivity contribution in [1.29, 1.82) is 0 Å². The molecule has 0 aliphatic carbocycles. The molecule has 0 aliphatic rings. The maximum Gasteiger partial charge on any atom is 0.124 e. The fraction of sp³-hybridized carbons (Fsp3) is 0.250. The average Bonchev–Trinajstić information content (AvgIpc) is 2.37. The van der Waals surface area contributed by atoms with Crippen LogP contribution in [0.1, 0.15) is 24.1 Å². The summed E-state index contributed by atoms with van der Waals surface area (Å²) in [6.45, 7) is 2.71. The van der Waals surface area contributed by atoms with Crippen LogP contribution in [0.2, 0.25) is 5.02 Å². The molecule has 112 valence electrons. The first kappa shape index (κ1) is 16.4. The zero-order chi connectivity index (χ0) is 15.4. The van der Waals surface area contributed by atoms with Crippen LogP contribution in [0.15, 0.2) is 40.9 Å². The van der Waals surface area contributed by atoms with E-state index in [2.05, 4.69) is 21.2 Å². The smallest absolute Gasteiger partial charge is 0.124 e. The first-order chi connectivity index (χ1) is 9.99. The van der Waals surface area contributed by atoms with Gasteiger partial charge in [0.15, 0.2) is 0 Å². The van der Waals surface area contributed by atoms with Gasteiger partial charge >= 0.3 is 0 Å². The first-order valence-electron chi connectivity index (χ1n) is 6.63. The Balaban J connectivity index is 2.30. The van der Waals surface area contributed by atoms with Crippen LogP contribution in [0.3, 0.4) is 0 Å². The minimum absolute atomic E-state index is 0.100. The summed E-state index contributed by atoms with van der Waals surface area (Å²) in [7, 11) is 0. The fourth-order valence-corrected chi connectivity index (χ4v) is 3.10. The van der Waals surface area contributed by atoms with Crippen LogP contribution in [0.4, 0.5) is 8.78 Å². The van der Waals surface area contributed by atoms with Crippen molar-refractivity contribution in [3.63, 3.8) is 0 Å². The Kier molecular flexibility index (Phi) is 5.73. The topological polar surface area (TPSA) is 12.0 Å². The van der Waals surface area contributed by atoms with Crippen LogP contribution in [0, 0.1) is 11.6 Å². The van der Waals surface area contributed by atoms with Crippen LogP contribution in [-0.4, -0.2) is 6.54 Å². The van der Waals surface area contributed by atoms with Gasteiger partial charge in [0.25, 0.3) is 0 Å². The Morgan fingerprint density at radius 1 is 1.14 bits per heavy atom. The molecule has 5 heteroatoms. The van der Waals surface area contributed by atoms with Gasteiger partial charge in [0.05, 0.1) is 0 Å². The van der Waals surface area contributed by atoms with E-state index in [1.807, 2.05) is 13.0 Å². The van der Waals surface area contributed by atoms with E-state index in [1.165, 1.54) is 24.3 Å². The third kappa shape index (κ3) is 4.50. The van der Waals surface area contributed by atoms with Crippen molar-refractivity contribution in [2.24, 2.45) is 0 Å². The lowest BCUT2D eigenvalue weighted by Crippen LogP contribution is -2.23. The van der Waals surface area contributed by atoms with Crippen LogP contribution in [-0.2, 0) is 6.42 Å². The number of nitrogens with one attached hydrogen (secondary N) is 1. The Bertz CT molecular complexity index is 613. The van der Waals surface area contributed by atoms with E-state index in [-0.39, 0.29) is 17.7 Å². The van der Waals surface area contributed by atoms with Crippen molar-refractivity contribution < 1.29 is 8.78 Å². The molecule has 0 fully saturated rings. The fourth-order valence-electron chi connectivity index (χ4n) is 2.29. The van der Waals surface area contributed by atoms with Gasteiger partial charge in [-0.1, -0.05) is 40.5 Å². The Morgan fingerprint density at radius 3 is 2.52 bits per heavy atom. The molecule has 0 bridgehead atoms. The molecule has 0 heterocycles. The van der Waals surface area contributed by atoms with Crippen molar-refractivity contribution in [2.45, 2.75) is 19.4 Å². The summed E-state index contributed by atoms with van der Waals surface area (Å²) in [4.78, 5) is 0. The van der Waals surface area contributed by atoms with Crippen LogP contribution < -0.4 is 5.32 Å². The average molecular weight is 375 g/mol. The van der Waals surface area contributed by atoms with E-state index in [9.17, 15) is 8.78 Å². The highest BCUT2D eigenvalue weighted by atomic mass is 79.9. The van der Waals surface area contributed by atoms with Crippen molar-refractivity contribution >= 4 is 27.5 Å².